The third kappa shape index (κ3) is 4.00. The second-order valence-electron chi connectivity index (χ2n) is 6.35. The Hall–Kier alpha value is -1.00. The predicted octanol–water partition coefficient (Wildman–Crippen LogP) is 2.17. The van der Waals surface area contributed by atoms with Crippen LogP contribution in [0.25, 0.3) is 0 Å². The Bertz CT molecular complexity index is 389. The van der Waals surface area contributed by atoms with Crippen molar-refractivity contribution in [3.05, 3.63) is 24.3 Å². The summed E-state index contributed by atoms with van der Waals surface area (Å²) >= 11 is 0. The molecule has 1 aromatic rings. The van der Waals surface area contributed by atoms with Gasteiger partial charge in [0.1, 0.15) is 6.33 Å². The van der Waals surface area contributed by atoms with Crippen molar-refractivity contribution in [2.24, 2.45) is 5.92 Å². The van der Waals surface area contributed by atoms with Gasteiger partial charge in [-0.15, -0.1) is 0 Å². The molecule has 2 aliphatic heterocycles. The second-order valence-corrected chi connectivity index (χ2v) is 6.35. The first-order valence-electron chi connectivity index (χ1n) is 8.09. The molecule has 1 unspecified atom stereocenters. The predicted molar refractivity (Wildman–Crippen MR) is 80.3 cm³/mol. The van der Waals surface area contributed by atoms with Gasteiger partial charge in [0.25, 0.3) is 0 Å². The number of piperidine rings is 2. The van der Waals surface area contributed by atoms with E-state index < -0.39 is 0 Å². The Morgan fingerprint density at radius 1 is 0.950 bits per heavy atom. The minimum atomic E-state index is 0.853. The van der Waals surface area contributed by atoms with Crippen molar-refractivity contribution in [1.29, 1.82) is 0 Å². The van der Waals surface area contributed by atoms with Gasteiger partial charge in [-0.1, -0.05) is 6.42 Å². The molecule has 4 nitrogen and oxygen atoms in total. The first-order valence-corrected chi connectivity index (χ1v) is 8.09. The molecule has 1 atom stereocenters. The van der Waals surface area contributed by atoms with E-state index in [2.05, 4.69) is 19.8 Å². The first-order chi connectivity index (χ1) is 9.90. The summed E-state index contributed by atoms with van der Waals surface area (Å²) in [4.78, 5) is 13.5. The largest absolute Gasteiger partial charge is 0.303 e. The second kappa shape index (κ2) is 7.14. The molecule has 2 saturated heterocycles. The summed E-state index contributed by atoms with van der Waals surface area (Å²) in [6.07, 6.45) is 12.5. The summed E-state index contributed by atoms with van der Waals surface area (Å²) in [5.41, 5.74) is 1.24. The quantitative estimate of drug-likeness (QED) is 0.842. The van der Waals surface area contributed by atoms with Gasteiger partial charge in [-0.2, -0.15) is 0 Å². The molecule has 0 amide bonds. The van der Waals surface area contributed by atoms with Gasteiger partial charge in [-0.05, 0) is 51.2 Å². The van der Waals surface area contributed by atoms with Crippen molar-refractivity contribution in [2.75, 3.05) is 32.7 Å². The van der Waals surface area contributed by atoms with Gasteiger partial charge in [0.05, 0.1) is 0 Å². The van der Waals surface area contributed by atoms with Crippen molar-refractivity contribution in [3.8, 4) is 0 Å². The number of likely N-dealkylation sites (tertiary alicyclic amines) is 2. The van der Waals surface area contributed by atoms with Gasteiger partial charge in [0, 0.05) is 37.6 Å². The zero-order chi connectivity index (χ0) is 13.6. The smallest absolute Gasteiger partial charge is 0.115 e. The normalized spacial score (nSPS) is 25.7. The van der Waals surface area contributed by atoms with E-state index in [0.29, 0.717) is 0 Å². The van der Waals surface area contributed by atoms with Crippen molar-refractivity contribution in [1.82, 2.24) is 19.8 Å². The highest BCUT2D eigenvalue weighted by Gasteiger charge is 2.22. The number of rotatable bonds is 4. The average Bonchev–Trinajstić information content (AvgIpc) is 2.50. The maximum absolute atomic E-state index is 4.12. The highest BCUT2D eigenvalue weighted by molar-refractivity contribution is 5.02. The lowest BCUT2D eigenvalue weighted by Crippen LogP contribution is -2.42. The van der Waals surface area contributed by atoms with E-state index in [0.717, 1.165) is 12.5 Å². The summed E-state index contributed by atoms with van der Waals surface area (Å²) in [6, 6.07) is 0. The summed E-state index contributed by atoms with van der Waals surface area (Å²) in [5.74, 6) is 0.853. The number of aromatic nitrogens is 2. The SMILES string of the molecule is c1ncc(CN2CCCC(CN3CCCCC3)C2)cn1. The molecule has 20 heavy (non-hydrogen) atoms. The molecule has 110 valence electrons. The minimum Gasteiger partial charge on any atom is -0.303 e. The standard InChI is InChI=1S/C16H26N4/c1-2-6-19(7-3-1)11-15-5-4-8-20(12-15)13-16-9-17-14-18-10-16/h9-10,14-15H,1-8,11-13H2. The van der Waals surface area contributed by atoms with Gasteiger partial charge >= 0.3 is 0 Å². The fourth-order valence-electron chi connectivity index (χ4n) is 3.62. The molecule has 2 aliphatic rings. The Kier molecular flexibility index (Phi) is 4.98. The Morgan fingerprint density at radius 3 is 2.50 bits per heavy atom. The molecule has 0 bridgehead atoms. The molecule has 3 heterocycles. The topological polar surface area (TPSA) is 32.3 Å². The zero-order valence-corrected chi connectivity index (χ0v) is 12.4. The van der Waals surface area contributed by atoms with Crippen LogP contribution in [0.1, 0.15) is 37.7 Å². The molecule has 0 radical (unpaired) electrons. The fraction of sp³-hybridized carbons (Fsp3) is 0.750. The maximum atomic E-state index is 4.12. The maximum Gasteiger partial charge on any atom is 0.115 e. The third-order valence-corrected chi connectivity index (χ3v) is 4.59. The van der Waals surface area contributed by atoms with E-state index in [1.165, 1.54) is 70.4 Å². The Labute approximate surface area is 122 Å². The summed E-state index contributed by atoms with van der Waals surface area (Å²) in [7, 11) is 0. The van der Waals surface area contributed by atoms with Crippen LogP contribution in [-0.2, 0) is 6.54 Å². The highest BCUT2D eigenvalue weighted by atomic mass is 15.2. The lowest BCUT2D eigenvalue weighted by molar-refractivity contribution is 0.118. The van der Waals surface area contributed by atoms with Crippen molar-refractivity contribution < 1.29 is 0 Å². The van der Waals surface area contributed by atoms with Gasteiger partial charge in [0.15, 0.2) is 0 Å². The van der Waals surface area contributed by atoms with E-state index in [-0.39, 0.29) is 0 Å². The fourth-order valence-corrected chi connectivity index (χ4v) is 3.62. The number of nitrogens with zero attached hydrogens (tertiary/aromatic N) is 4. The highest BCUT2D eigenvalue weighted by Crippen LogP contribution is 2.21. The van der Waals surface area contributed by atoms with Crippen LogP contribution in [0.2, 0.25) is 0 Å². The number of hydrogen-bond donors (Lipinski definition) is 0. The monoisotopic (exact) mass is 274 g/mol. The zero-order valence-electron chi connectivity index (χ0n) is 12.4. The van der Waals surface area contributed by atoms with Gasteiger partial charge in [-0.25, -0.2) is 9.97 Å². The van der Waals surface area contributed by atoms with E-state index in [1.807, 2.05) is 12.4 Å². The Balaban J connectivity index is 1.48. The Morgan fingerprint density at radius 2 is 1.70 bits per heavy atom. The van der Waals surface area contributed by atoms with Gasteiger partial charge in [0.2, 0.25) is 0 Å². The molecule has 1 aromatic heterocycles. The lowest BCUT2D eigenvalue weighted by atomic mass is 9.96. The molecular weight excluding hydrogens is 248 g/mol. The van der Waals surface area contributed by atoms with E-state index in [1.54, 1.807) is 6.33 Å². The van der Waals surface area contributed by atoms with Gasteiger partial charge < -0.3 is 4.90 Å². The molecule has 0 spiro atoms. The molecule has 2 fully saturated rings. The van der Waals surface area contributed by atoms with Crippen LogP contribution in [0.5, 0.6) is 0 Å². The molecule has 0 aliphatic carbocycles. The van der Waals surface area contributed by atoms with Crippen LogP contribution in [0.15, 0.2) is 18.7 Å². The summed E-state index contributed by atoms with van der Waals surface area (Å²) < 4.78 is 0. The molecule has 0 aromatic carbocycles. The molecular formula is C16H26N4. The lowest BCUT2D eigenvalue weighted by Gasteiger charge is -2.36. The molecule has 3 rings (SSSR count). The van der Waals surface area contributed by atoms with E-state index in [9.17, 15) is 0 Å². The third-order valence-electron chi connectivity index (χ3n) is 4.59. The minimum absolute atomic E-state index is 0.853. The van der Waals surface area contributed by atoms with E-state index >= 15 is 0 Å². The first kappa shape index (κ1) is 14.0. The molecule has 0 N–H and O–H groups in total. The van der Waals surface area contributed by atoms with Crippen molar-refractivity contribution >= 4 is 0 Å². The van der Waals surface area contributed by atoms with Crippen LogP contribution in [0.4, 0.5) is 0 Å². The summed E-state index contributed by atoms with van der Waals surface area (Å²) in [5, 5.41) is 0. The van der Waals surface area contributed by atoms with Crippen LogP contribution in [0.3, 0.4) is 0 Å². The number of hydrogen-bond acceptors (Lipinski definition) is 4. The molecule has 4 heteroatoms. The van der Waals surface area contributed by atoms with Crippen LogP contribution in [0, 0.1) is 5.92 Å². The van der Waals surface area contributed by atoms with Crippen LogP contribution >= 0.6 is 0 Å². The van der Waals surface area contributed by atoms with E-state index in [4.69, 9.17) is 0 Å². The van der Waals surface area contributed by atoms with Crippen molar-refractivity contribution in [3.63, 3.8) is 0 Å². The summed E-state index contributed by atoms with van der Waals surface area (Å²) in [6.45, 7) is 7.43. The van der Waals surface area contributed by atoms with Crippen molar-refractivity contribution in [2.45, 2.75) is 38.6 Å². The van der Waals surface area contributed by atoms with Gasteiger partial charge in [-0.3, -0.25) is 4.90 Å². The van der Waals surface area contributed by atoms with Crippen LogP contribution in [-0.4, -0.2) is 52.5 Å². The average molecular weight is 274 g/mol. The van der Waals surface area contributed by atoms with Crippen LogP contribution < -0.4 is 0 Å². The molecule has 0 saturated carbocycles.